The van der Waals surface area contributed by atoms with Gasteiger partial charge in [0.25, 0.3) is 0 Å². The van der Waals surface area contributed by atoms with Gasteiger partial charge in [-0.1, -0.05) is 115 Å². The van der Waals surface area contributed by atoms with Crippen molar-refractivity contribution in [1.82, 2.24) is 0 Å². The molecule has 5 aromatic carbocycles. The third-order valence-corrected chi connectivity index (χ3v) is 5.67. The lowest BCUT2D eigenvalue weighted by Gasteiger charge is -2.13. The van der Waals surface area contributed by atoms with Gasteiger partial charge in [-0.25, -0.2) is 0 Å². The van der Waals surface area contributed by atoms with Gasteiger partial charge in [0, 0.05) is 16.8 Å². The van der Waals surface area contributed by atoms with Crippen molar-refractivity contribution in [3.8, 4) is 44.5 Å². The van der Waals surface area contributed by atoms with Gasteiger partial charge in [-0.05, 0) is 45.5 Å². The summed E-state index contributed by atoms with van der Waals surface area (Å²) in [6, 6.07) is 44.4. The average molecular weight is 398 g/mol. The minimum absolute atomic E-state index is 0.809. The normalized spacial score (nSPS) is 10.7. The summed E-state index contributed by atoms with van der Waals surface area (Å²) in [6.45, 7) is 0. The Hall–Kier alpha value is -4.10. The molecule has 0 bridgehead atoms. The number of anilines is 1. The second-order valence-electron chi connectivity index (χ2n) is 7.66. The first kappa shape index (κ1) is 18.9. The van der Waals surface area contributed by atoms with E-state index < -0.39 is 0 Å². The van der Waals surface area contributed by atoms with Crippen LogP contribution in [-0.4, -0.2) is 0 Å². The highest BCUT2D eigenvalue weighted by molar-refractivity contribution is 5.90. The Labute approximate surface area is 183 Å². The van der Waals surface area contributed by atoms with E-state index in [2.05, 4.69) is 103 Å². The van der Waals surface area contributed by atoms with E-state index in [4.69, 9.17) is 5.73 Å². The van der Waals surface area contributed by atoms with Gasteiger partial charge in [-0.15, -0.1) is 0 Å². The molecule has 0 aliphatic rings. The van der Waals surface area contributed by atoms with E-state index in [1.54, 1.807) is 0 Å². The van der Waals surface area contributed by atoms with E-state index in [0.29, 0.717) is 0 Å². The molecule has 0 heterocycles. The molecule has 0 spiro atoms. The Bertz CT molecular complexity index is 1320. The van der Waals surface area contributed by atoms with Crippen LogP contribution in [0.1, 0.15) is 0 Å². The van der Waals surface area contributed by atoms with Crippen LogP contribution < -0.4 is 5.73 Å². The molecule has 31 heavy (non-hydrogen) atoms. The second kappa shape index (κ2) is 8.33. The van der Waals surface area contributed by atoms with E-state index in [9.17, 15) is 0 Å². The van der Waals surface area contributed by atoms with E-state index in [0.717, 1.165) is 27.9 Å². The predicted molar refractivity (Wildman–Crippen MR) is 133 cm³/mol. The third-order valence-electron chi connectivity index (χ3n) is 5.67. The van der Waals surface area contributed by atoms with Gasteiger partial charge in [-0.3, -0.25) is 0 Å². The van der Waals surface area contributed by atoms with Crippen LogP contribution in [0.5, 0.6) is 0 Å². The molecule has 5 aromatic rings. The van der Waals surface area contributed by atoms with Crippen molar-refractivity contribution in [3.63, 3.8) is 0 Å². The van der Waals surface area contributed by atoms with Crippen LogP contribution in [-0.2, 0) is 0 Å². The standard InChI is InChI=1S/C30H23N/c31-30-28(23-12-5-2-6-13-23)18-9-19-29(30)27-17-8-16-26(21-27)25-15-7-14-24(20-25)22-10-3-1-4-11-22/h1-21H,31H2. The first-order valence-corrected chi connectivity index (χ1v) is 10.5. The molecule has 0 amide bonds. The van der Waals surface area contributed by atoms with E-state index >= 15 is 0 Å². The maximum absolute atomic E-state index is 6.64. The molecule has 0 aromatic heterocycles. The number of hydrogen-bond donors (Lipinski definition) is 1. The molecule has 0 saturated carbocycles. The maximum atomic E-state index is 6.64. The monoisotopic (exact) mass is 397 g/mol. The molecule has 148 valence electrons. The molecule has 1 heteroatoms. The maximum Gasteiger partial charge on any atom is 0.0473 e. The zero-order valence-electron chi connectivity index (χ0n) is 17.2. The molecule has 0 unspecified atom stereocenters. The molecule has 0 aliphatic heterocycles. The fourth-order valence-electron chi connectivity index (χ4n) is 4.06. The van der Waals surface area contributed by atoms with Crippen molar-refractivity contribution in [3.05, 3.63) is 127 Å². The topological polar surface area (TPSA) is 26.0 Å². The van der Waals surface area contributed by atoms with Crippen LogP contribution in [0.25, 0.3) is 44.5 Å². The smallest absolute Gasteiger partial charge is 0.0473 e. The number of hydrogen-bond acceptors (Lipinski definition) is 1. The summed E-state index contributed by atoms with van der Waals surface area (Å²) < 4.78 is 0. The summed E-state index contributed by atoms with van der Waals surface area (Å²) in [4.78, 5) is 0. The van der Waals surface area contributed by atoms with Gasteiger partial charge >= 0.3 is 0 Å². The molecule has 0 radical (unpaired) electrons. The van der Waals surface area contributed by atoms with Crippen LogP contribution in [0.15, 0.2) is 127 Å². The highest BCUT2D eigenvalue weighted by atomic mass is 14.6. The number of benzene rings is 5. The Kier molecular flexibility index (Phi) is 5.08. The van der Waals surface area contributed by atoms with Gasteiger partial charge in [0.15, 0.2) is 0 Å². The number of para-hydroxylation sites is 1. The van der Waals surface area contributed by atoms with Crippen LogP contribution in [0.4, 0.5) is 5.69 Å². The van der Waals surface area contributed by atoms with Crippen molar-refractivity contribution >= 4 is 5.69 Å². The van der Waals surface area contributed by atoms with Gasteiger partial charge in [0.2, 0.25) is 0 Å². The summed E-state index contributed by atoms with van der Waals surface area (Å²) in [5, 5.41) is 0. The molecular formula is C30H23N. The van der Waals surface area contributed by atoms with Crippen molar-refractivity contribution in [2.45, 2.75) is 0 Å². The van der Waals surface area contributed by atoms with Crippen molar-refractivity contribution in [1.29, 1.82) is 0 Å². The van der Waals surface area contributed by atoms with Crippen LogP contribution in [0.2, 0.25) is 0 Å². The van der Waals surface area contributed by atoms with Crippen molar-refractivity contribution < 1.29 is 0 Å². The summed E-state index contributed by atoms with van der Waals surface area (Å²) in [7, 11) is 0. The first-order chi connectivity index (χ1) is 15.3. The average Bonchev–Trinajstić information content (AvgIpc) is 2.85. The van der Waals surface area contributed by atoms with Crippen LogP contribution in [0.3, 0.4) is 0 Å². The lowest BCUT2D eigenvalue weighted by Crippen LogP contribution is -1.94. The zero-order chi connectivity index (χ0) is 21.0. The van der Waals surface area contributed by atoms with Crippen LogP contribution >= 0.6 is 0 Å². The summed E-state index contributed by atoms with van der Waals surface area (Å²) >= 11 is 0. The van der Waals surface area contributed by atoms with Gasteiger partial charge in [-0.2, -0.15) is 0 Å². The summed E-state index contributed by atoms with van der Waals surface area (Å²) in [6.07, 6.45) is 0. The highest BCUT2D eigenvalue weighted by Gasteiger charge is 2.10. The fourth-order valence-corrected chi connectivity index (χ4v) is 4.06. The Balaban J connectivity index is 1.55. The second-order valence-corrected chi connectivity index (χ2v) is 7.66. The third kappa shape index (κ3) is 3.86. The lowest BCUT2D eigenvalue weighted by atomic mass is 9.93. The summed E-state index contributed by atoms with van der Waals surface area (Å²) in [5.41, 5.74) is 16.6. The molecule has 1 nitrogen and oxygen atoms in total. The quantitative estimate of drug-likeness (QED) is 0.306. The van der Waals surface area contributed by atoms with Crippen molar-refractivity contribution in [2.24, 2.45) is 0 Å². The minimum Gasteiger partial charge on any atom is -0.398 e. The molecular weight excluding hydrogens is 374 g/mol. The van der Waals surface area contributed by atoms with E-state index in [1.165, 1.54) is 22.3 Å². The SMILES string of the molecule is Nc1c(-c2ccccc2)cccc1-c1cccc(-c2cccc(-c3ccccc3)c2)c1. The number of nitrogens with two attached hydrogens (primary N) is 1. The Morgan fingerprint density at radius 2 is 0.710 bits per heavy atom. The Morgan fingerprint density at radius 1 is 0.323 bits per heavy atom. The molecule has 0 atom stereocenters. The van der Waals surface area contributed by atoms with Gasteiger partial charge in [0.05, 0.1) is 0 Å². The molecule has 2 N–H and O–H groups in total. The predicted octanol–water partition coefficient (Wildman–Crippen LogP) is 7.94. The highest BCUT2D eigenvalue weighted by Crippen LogP contribution is 2.36. The largest absolute Gasteiger partial charge is 0.398 e. The molecule has 0 saturated heterocycles. The summed E-state index contributed by atoms with van der Waals surface area (Å²) in [5.74, 6) is 0. The molecule has 0 aliphatic carbocycles. The van der Waals surface area contributed by atoms with Gasteiger partial charge in [0.1, 0.15) is 0 Å². The van der Waals surface area contributed by atoms with Crippen molar-refractivity contribution in [2.75, 3.05) is 5.73 Å². The number of nitrogen functional groups attached to an aromatic ring is 1. The lowest BCUT2D eigenvalue weighted by molar-refractivity contribution is 1.56. The number of rotatable bonds is 4. The first-order valence-electron chi connectivity index (χ1n) is 10.5. The molecule has 5 rings (SSSR count). The van der Waals surface area contributed by atoms with Gasteiger partial charge < -0.3 is 5.73 Å². The van der Waals surface area contributed by atoms with E-state index in [1.807, 2.05) is 24.3 Å². The fraction of sp³-hybridized carbons (Fsp3) is 0. The minimum atomic E-state index is 0.809. The van der Waals surface area contributed by atoms with E-state index in [-0.39, 0.29) is 0 Å². The Morgan fingerprint density at radius 3 is 1.32 bits per heavy atom. The van der Waals surface area contributed by atoms with Crippen LogP contribution in [0, 0.1) is 0 Å². The molecule has 0 fully saturated rings. The zero-order valence-corrected chi connectivity index (χ0v) is 17.2.